The molecule has 3 aromatic rings. The van der Waals surface area contributed by atoms with Crippen LogP contribution < -0.4 is 32.7 Å². The number of amides is 4. The molecule has 0 aliphatic heterocycles. The molecule has 0 radical (unpaired) electrons. The first kappa shape index (κ1) is 44.6. The van der Waals surface area contributed by atoms with Crippen LogP contribution >= 0.6 is 0 Å². The average Bonchev–Trinajstić information content (AvgIpc) is 3.49. The lowest BCUT2D eigenvalue weighted by Crippen LogP contribution is -2.55. The number of unbranched alkanes of at least 4 members (excludes halogenated alkanes) is 1. The second kappa shape index (κ2) is 21.4. The van der Waals surface area contributed by atoms with Crippen LogP contribution in [-0.2, 0) is 35.2 Å². The van der Waals surface area contributed by atoms with E-state index >= 15 is 0 Å². The van der Waals surface area contributed by atoms with Crippen molar-refractivity contribution >= 4 is 35.9 Å². The number of nitrogens with two attached hydrogens (primary N) is 2. The molecule has 0 heterocycles. The Hall–Kier alpha value is -6.12. The first-order valence-corrected chi connectivity index (χ1v) is 19.6. The van der Waals surface area contributed by atoms with Gasteiger partial charge in [-0.25, -0.2) is 14.4 Å². The van der Waals surface area contributed by atoms with Crippen LogP contribution in [0.25, 0.3) is 11.1 Å². The van der Waals surface area contributed by atoms with Gasteiger partial charge >= 0.3 is 18.2 Å². The van der Waals surface area contributed by atoms with Gasteiger partial charge in [0, 0.05) is 19.0 Å². The number of rotatable bonds is 19. The van der Waals surface area contributed by atoms with Crippen LogP contribution in [0.2, 0.25) is 0 Å². The number of hydrogen-bond donors (Lipinski definition) is 6. The zero-order valence-corrected chi connectivity index (χ0v) is 34.0. The van der Waals surface area contributed by atoms with Crippen molar-refractivity contribution in [2.75, 3.05) is 19.7 Å². The Bertz CT molecular complexity index is 1860. The highest BCUT2D eigenvalue weighted by atomic mass is 16.6. The van der Waals surface area contributed by atoms with E-state index in [9.17, 15) is 24.0 Å². The predicted octanol–water partition coefficient (Wildman–Crippen LogP) is 4.68. The van der Waals surface area contributed by atoms with Gasteiger partial charge in [-0.15, -0.1) is 0 Å². The van der Waals surface area contributed by atoms with E-state index in [2.05, 4.69) is 26.3 Å². The third-order valence-electron chi connectivity index (χ3n) is 9.34. The molecular formula is C43H57N7O8. The summed E-state index contributed by atoms with van der Waals surface area (Å²) in [7, 11) is 0. The molecule has 0 saturated heterocycles. The summed E-state index contributed by atoms with van der Waals surface area (Å²) >= 11 is 0. The van der Waals surface area contributed by atoms with Gasteiger partial charge in [0.2, 0.25) is 11.8 Å². The van der Waals surface area contributed by atoms with Gasteiger partial charge in [-0.3, -0.25) is 14.6 Å². The van der Waals surface area contributed by atoms with Crippen LogP contribution in [0.15, 0.2) is 77.8 Å². The topological polar surface area (TPSA) is 226 Å². The second-order valence-corrected chi connectivity index (χ2v) is 15.3. The summed E-state index contributed by atoms with van der Waals surface area (Å²) in [6.07, 6.45) is 0.242. The Balaban J connectivity index is 1.37. The molecule has 3 atom stereocenters. The van der Waals surface area contributed by atoms with Gasteiger partial charge in [-0.2, -0.15) is 0 Å². The molecule has 4 rings (SSSR count). The summed E-state index contributed by atoms with van der Waals surface area (Å²) in [5.41, 5.74) is 16.4. The zero-order chi connectivity index (χ0) is 42.2. The van der Waals surface area contributed by atoms with Crippen LogP contribution in [-0.4, -0.2) is 79.4 Å². The van der Waals surface area contributed by atoms with E-state index < -0.39 is 53.7 Å². The molecule has 0 spiro atoms. The number of alkyl carbamates (subject to hydrolysis) is 2. The lowest BCUT2D eigenvalue weighted by Gasteiger charge is -2.23. The van der Waals surface area contributed by atoms with Crippen LogP contribution in [0.4, 0.5) is 9.59 Å². The predicted molar refractivity (Wildman–Crippen MR) is 221 cm³/mol. The molecule has 1 aliphatic carbocycles. The fourth-order valence-electron chi connectivity index (χ4n) is 6.40. The third kappa shape index (κ3) is 14.1. The Morgan fingerprint density at radius 3 is 1.98 bits per heavy atom. The van der Waals surface area contributed by atoms with Gasteiger partial charge in [-0.05, 0) is 94.5 Å². The lowest BCUT2D eigenvalue weighted by atomic mass is 9.98. The summed E-state index contributed by atoms with van der Waals surface area (Å²) in [5, 5.41) is 10.7. The highest BCUT2D eigenvalue weighted by molar-refractivity contribution is 5.93. The van der Waals surface area contributed by atoms with Crippen molar-refractivity contribution in [1.82, 2.24) is 21.3 Å². The fourth-order valence-corrected chi connectivity index (χ4v) is 6.40. The van der Waals surface area contributed by atoms with E-state index in [1.807, 2.05) is 79.7 Å². The van der Waals surface area contributed by atoms with Gasteiger partial charge in [0.25, 0.3) is 0 Å². The summed E-state index contributed by atoms with van der Waals surface area (Å²) < 4.78 is 16.5. The summed E-state index contributed by atoms with van der Waals surface area (Å²) in [6, 6.07) is 20.1. The Morgan fingerprint density at radius 2 is 1.36 bits per heavy atom. The number of benzene rings is 3. The quantitative estimate of drug-likeness (QED) is 0.0323. The summed E-state index contributed by atoms with van der Waals surface area (Å²) in [4.78, 5) is 69.6. The van der Waals surface area contributed by atoms with E-state index in [1.54, 1.807) is 20.8 Å². The van der Waals surface area contributed by atoms with Crippen molar-refractivity contribution in [1.29, 1.82) is 0 Å². The molecule has 4 amide bonds. The van der Waals surface area contributed by atoms with E-state index in [4.69, 9.17) is 25.7 Å². The lowest BCUT2D eigenvalue weighted by molar-refractivity contribution is -0.149. The minimum Gasteiger partial charge on any atom is -0.459 e. The molecule has 0 fully saturated rings. The van der Waals surface area contributed by atoms with Gasteiger partial charge in [0.1, 0.15) is 36.9 Å². The SMILES string of the molecule is Cc1ccc(COC(=O)[C@H](CCCCNC(=O)OC(C)(C)C)NC(=O)[C@@H](C)NC(=O)[C@H](CCCN=C(N)N)NC(=O)OCC2c3ccccc3-c3ccccc32)cc1. The van der Waals surface area contributed by atoms with Crippen molar-refractivity contribution in [2.45, 2.75) is 103 Å². The van der Waals surface area contributed by atoms with Crippen LogP contribution in [0.3, 0.4) is 0 Å². The Labute approximate surface area is 340 Å². The number of carbonyl (C=O) groups excluding carboxylic acids is 5. The van der Waals surface area contributed by atoms with Gasteiger partial charge < -0.3 is 46.9 Å². The molecule has 312 valence electrons. The number of guanidine groups is 1. The molecule has 1 aliphatic rings. The maximum atomic E-state index is 13.6. The maximum Gasteiger partial charge on any atom is 0.407 e. The number of esters is 1. The monoisotopic (exact) mass is 799 g/mol. The standard InChI is InChI=1S/C43H57N7O8/c1-27-19-21-29(22-20-27)25-56-39(53)36(17-10-11-23-47-41(54)58-43(3,4)5)49-37(51)28(2)48-38(52)35(18-12-24-46-40(44)45)50-42(55)57-26-34-32-15-8-6-13-30(32)31-14-7-9-16-33(31)34/h6-9,13-16,19-22,28,34-36H,10-12,17-18,23-26H2,1-5H3,(H,47,54)(H,48,52)(H,49,51)(H,50,55)(H4,44,45,46)/t28-,35+,36+/m1/s1. The first-order valence-electron chi connectivity index (χ1n) is 19.6. The van der Waals surface area contributed by atoms with Gasteiger partial charge in [0.15, 0.2) is 5.96 Å². The van der Waals surface area contributed by atoms with Crippen molar-refractivity contribution in [3.8, 4) is 11.1 Å². The number of hydrogen-bond acceptors (Lipinski definition) is 9. The third-order valence-corrected chi connectivity index (χ3v) is 9.34. The number of nitrogens with one attached hydrogen (secondary N) is 4. The zero-order valence-electron chi connectivity index (χ0n) is 34.0. The van der Waals surface area contributed by atoms with Crippen molar-refractivity contribution < 1.29 is 38.2 Å². The number of ether oxygens (including phenoxy) is 3. The average molecular weight is 800 g/mol. The Morgan fingerprint density at radius 1 is 0.741 bits per heavy atom. The van der Waals surface area contributed by atoms with Gasteiger partial charge in [-0.1, -0.05) is 78.4 Å². The highest BCUT2D eigenvalue weighted by Gasteiger charge is 2.31. The maximum absolute atomic E-state index is 13.6. The van der Waals surface area contributed by atoms with Crippen LogP contribution in [0, 0.1) is 6.92 Å². The Kier molecular flexibility index (Phi) is 16.5. The van der Waals surface area contributed by atoms with Gasteiger partial charge in [0.05, 0.1) is 0 Å². The molecule has 0 bridgehead atoms. The minimum atomic E-state index is -1.11. The molecule has 0 saturated carbocycles. The molecular weight excluding hydrogens is 743 g/mol. The van der Waals surface area contributed by atoms with E-state index in [0.29, 0.717) is 25.8 Å². The first-order chi connectivity index (χ1) is 27.6. The molecule has 0 unspecified atom stereocenters. The highest BCUT2D eigenvalue weighted by Crippen LogP contribution is 2.44. The largest absolute Gasteiger partial charge is 0.459 e. The smallest absolute Gasteiger partial charge is 0.407 e. The number of carbonyl (C=O) groups is 5. The molecule has 15 heteroatoms. The summed E-state index contributed by atoms with van der Waals surface area (Å²) in [5.74, 6) is -2.23. The van der Waals surface area contributed by atoms with E-state index in [1.165, 1.54) is 6.92 Å². The van der Waals surface area contributed by atoms with Crippen LogP contribution in [0.1, 0.15) is 88.0 Å². The second-order valence-electron chi connectivity index (χ2n) is 15.3. The minimum absolute atomic E-state index is 0.00103. The number of aryl methyl sites for hydroxylation is 1. The van der Waals surface area contributed by atoms with Crippen molar-refractivity contribution in [2.24, 2.45) is 16.5 Å². The molecule has 3 aromatic carbocycles. The molecule has 8 N–H and O–H groups in total. The van der Waals surface area contributed by atoms with E-state index in [0.717, 1.165) is 33.4 Å². The molecule has 58 heavy (non-hydrogen) atoms. The molecule has 0 aromatic heterocycles. The summed E-state index contributed by atoms with van der Waals surface area (Å²) in [6.45, 7) is 9.25. The van der Waals surface area contributed by atoms with Crippen molar-refractivity contribution in [3.05, 3.63) is 95.1 Å². The molecule has 15 nitrogen and oxygen atoms in total. The van der Waals surface area contributed by atoms with Crippen LogP contribution in [0.5, 0.6) is 0 Å². The van der Waals surface area contributed by atoms with E-state index in [-0.39, 0.29) is 44.5 Å². The number of fused-ring (bicyclic) bond motifs is 3. The fraction of sp³-hybridized carbons (Fsp3) is 0.442. The van der Waals surface area contributed by atoms with Crippen molar-refractivity contribution in [3.63, 3.8) is 0 Å². The number of nitrogens with zero attached hydrogens (tertiary/aromatic N) is 1. The normalized spacial score (nSPS) is 13.4. The number of aliphatic imine (C=N–C) groups is 1.